The smallest absolute Gasteiger partial charge is 0.268 e. The Hall–Kier alpha value is -3.06. The van der Waals surface area contributed by atoms with E-state index in [0.29, 0.717) is 22.0 Å². The van der Waals surface area contributed by atoms with Crippen molar-refractivity contribution >= 4 is 32.6 Å². The molecule has 24 heavy (non-hydrogen) atoms. The summed E-state index contributed by atoms with van der Waals surface area (Å²) in [5.41, 5.74) is 0.937. The van der Waals surface area contributed by atoms with Crippen LogP contribution in [-0.2, 0) is 10.0 Å². The molecule has 6 nitrogen and oxygen atoms in total. The minimum absolute atomic E-state index is 0.129. The molecule has 2 heterocycles. The molecule has 1 aromatic heterocycles. The normalized spacial score (nSPS) is 14.2. The third kappa shape index (κ3) is 1.95. The van der Waals surface area contributed by atoms with Gasteiger partial charge in [0.25, 0.3) is 15.9 Å². The van der Waals surface area contributed by atoms with Crippen molar-refractivity contribution in [3.05, 3.63) is 72.1 Å². The molecule has 7 heteroatoms. The Morgan fingerprint density at radius 3 is 2.46 bits per heavy atom. The molecule has 0 aliphatic carbocycles. The van der Waals surface area contributed by atoms with Crippen molar-refractivity contribution in [1.82, 2.24) is 9.29 Å². The monoisotopic (exact) mass is 340 g/mol. The first-order chi connectivity index (χ1) is 11.5. The summed E-state index contributed by atoms with van der Waals surface area (Å²) in [6, 6.07) is 12.8. The number of aliphatic hydroxyl groups is 1. The van der Waals surface area contributed by atoms with E-state index in [0.717, 1.165) is 10.2 Å². The lowest BCUT2D eigenvalue weighted by molar-refractivity contribution is 0.0971. The van der Waals surface area contributed by atoms with Crippen molar-refractivity contribution in [1.29, 1.82) is 0 Å². The zero-order chi connectivity index (χ0) is 16.9. The summed E-state index contributed by atoms with van der Waals surface area (Å²) in [5, 5.41) is 13.0. The fraction of sp³-hybridized carbons (Fsp3) is 0. The minimum Gasteiger partial charge on any atom is -0.506 e. The molecule has 1 aliphatic rings. The average molecular weight is 340 g/mol. The average Bonchev–Trinajstić information content (AvgIpc) is 2.95. The molecule has 0 fully saturated rings. The Labute approximate surface area is 137 Å². The lowest BCUT2D eigenvalue weighted by Crippen LogP contribution is -2.17. The summed E-state index contributed by atoms with van der Waals surface area (Å²) in [6.45, 7) is 0. The summed E-state index contributed by atoms with van der Waals surface area (Å²) in [7, 11) is -3.85. The van der Waals surface area contributed by atoms with E-state index in [4.69, 9.17) is 0 Å². The van der Waals surface area contributed by atoms with Crippen molar-refractivity contribution in [2.45, 2.75) is 4.90 Å². The van der Waals surface area contributed by atoms with Crippen molar-refractivity contribution in [3.8, 4) is 0 Å². The van der Waals surface area contributed by atoms with Gasteiger partial charge < -0.3 is 10.4 Å². The molecule has 0 saturated heterocycles. The fourth-order valence-electron chi connectivity index (χ4n) is 2.84. The summed E-state index contributed by atoms with van der Waals surface area (Å²) in [4.78, 5) is 12.3. The van der Waals surface area contributed by atoms with E-state index < -0.39 is 15.9 Å². The second-order valence-electron chi connectivity index (χ2n) is 5.36. The number of aromatic nitrogens is 1. The Balaban J connectivity index is 2.09. The van der Waals surface area contributed by atoms with E-state index in [-0.39, 0.29) is 10.7 Å². The van der Waals surface area contributed by atoms with Crippen molar-refractivity contribution in [3.63, 3.8) is 0 Å². The molecule has 1 amide bonds. The molecular weight excluding hydrogens is 328 g/mol. The van der Waals surface area contributed by atoms with Gasteiger partial charge in [0.1, 0.15) is 5.76 Å². The molecule has 0 radical (unpaired) electrons. The van der Waals surface area contributed by atoms with Gasteiger partial charge in [0, 0.05) is 28.9 Å². The topological polar surface area (TPSA) is 88.4 Å². The van der Waals surface area contributed by atoms with E-state index in [9.17, 15) is 18.3 Å². The fourth-order valence-corrected chi connectivity index (χ4v) is 4.22. The Morgan fingerprint density at radius 1 is 0.958 bits per heavy atom. The maximum Gasteiger partial charge on any atom is 0.268 e. The molecule has 2 N–H and O–H groups in total. The highest BCUT2D eigenvalue weighted by Crippen LogP contribution is 2.33. The molecule has 4 rings (SSSR count). The van der Waals surface area contributed by atoms with Crippen molar-refractivity contribution in [2.24, 2.45) is 0 Å². The van der Waals surface area contributed by atoms with Crippen LogP contribution in [0.2, 0.25) is 0 Å². The molecular formula is C17H12N2O4S. The molecule has 1 aliphatic heterocycles. The maximum atomic E-state index is 12.9. The number of carbonyl (C=O) groups is 1. The van der Waals surface area contributed by atoms with Gasteiger partial charge >= 0.3 is 0 Å². The van der Waals surface area contributed by atoms with E-state index in [1.54, 1.807) is 36.4 Å². The molecule has 0 saturated carbocycles. The van der Waals surface area contributed by atoms with Gasteiger partial charge in [0.2, 0.25) is 0 Å². The van der Waals surface area contributed by atoms with Gasteiger partial charge in [0.05, 0.1) is 10.4 Å². The number of nitrogens with one attached hydrogen (secondary N) is 1. The SMILES string of the molecule is O=C1NC=C(O)c2cn(S(=O)(=O)c3ccccc3)c3cccc1c23. The molecule has 2 aromatic carbocycles. The molecule has 0 atom stereocenters. The molecule has 0 spiro atoms. The summed E-state index contributed by atoms with van der Waals surface area (Å²) in [6.07, 6.45) is 2.50. The van der Waals surface area contributed by atoms with Crippen molar-refractivity contribution in [2.75, 3.05) is 0 Å². The van der Waals surface area contributed by atoms with Crippen LogP contribution in [0.5, 0.6) is 0 Å². The van der Waals surface area contributed by atoms with Crippen LogP contribution < -0.4 is 5.32 Å². The largest absolute Gasteiger partial charge is 0.506 e. The molecule has 3 aromatic rings. The zero-order valence-corrected chi connectivity index (χ0v) is 13.1. The third-order valence-electron chi connectivity index (χ3n) is 3.96. The van der Waals surface area contributed by atoms with Crippen LogP contribution in [0.25, 0.3) is 16.7 Å². The molecule has 0 bridgehead atoms. The predicted octanol–water partition coefficient (Wildman–Crippen LogP) is 2.48. The first kappa shape index (κ1) is 14.5. The second kappa shape index (κ2) is 4.97. The number of carbonyl (C=O) groups excluding carboxylic acids is 1. The van der Waals surface area contributed by atoms with E-state index in [2.05, 4.69) is 5.32 Å². The maximum absolute atomic E-state index is 12.9. The highest BCUT2D eigenvalue weighted by atomic mass is 32.2. The van der Waals surface area contributed by atoms with Crippen LogP contribution >= 0.6 is 0 Å². The van der Waals surface area contributed by atoms with E-state index >= 15 is 0 Å². The third-order valence-corrected chi connectivity index (χ3v) is 5.64. The van der Waals surface area contributed by atoms with Gasteiger partial charge in [-0.15, -0.1) is 0 Å². The predicted molar refractivity (Wildman–Crippen MR) is 89.0 cm³/mol. The van der Waals surface area contributed by atoms with Gasteiger partial charge in [-0.3, -0.25) is 4.79 Å². The van der Waals surface area contributed by atoms with Gasteiger partial charge in [-0.05, 0) is 24.3 Å². The second-order valence-corrected chi connectivity index (χ2v) is 7.17. The van der Waals surface area contributed by atoms with Crippen LogP contribution in [0.1, 0.15) is 15.9 Å². The quantitative estimate of drug-likeness (QED) is 0.750. The summed E-state index contributed by atoms with van der Waals surface area (Å²) in [5.74, 6) is -0.596. The Bertz CT molecular complexity index is 1110. The van der Waals surface area contributed by atoms with Crippen LogP contribution in [0, 0.1) is 0 Å². The summed E-state index contributed by atoms with van der Waals surface area (Å²) < 4.78 is 27.0. The van der Waals surface area contributed by atoms with Gasteiger partial charge in [-0.25, -0.2) is 12.4 Å². The van der Waals surface area contributed by atoms with Gasteiger partial charge in [0.15, 0.2) is 0 Å². The summed E-state index contributed by atoms with van der Waals surface area (Å²) >= 11 is 0. The van der Waals surface area contributed by atoms with E-state index in [1.807, 2.05) is 0 Å². The Morgan fingerprint density at radius 2 is 1.71 bits per heavy atom. The van der Waals surface area contributed by atoms with Crippen LogP contribution in [0.15, 0.2) is 65.8 Å². The first-order valence-electron chi connectivity index (χ1n) is 7.15. The van der Waals surface area contributed by atoms with Crippen molar-refractivity contribution < 1.29 is 18.3 Å². The lowest BCUT2D eigenvalue weighted by Gasteiger charge is -2.08. The number of amides is 1. The number of hydrogen-bond acceptors (Lipinski definition) is 4. The number of aliphatic hydroxyl groups excluding tert-OH is 1. The lowest BCUT2D eigenvalue weighted by atomic mass is 10.1. The van der Waals surface area contributed by atoms with Crippen LogP contribution in [0.3, 0.4) is 0 Å². The highest BCUT2D eigenvalue weighted by Gasteiger charge is 2.26. The van der Waals surface area contributed by atoms with Gasteiger partial charge in [-0.2, -0.15) is 0 Å². The first-order valence-corrected chi connectivity index (χ1v) is 8.59. The van der Waals surface area contributed by atoms with Gasteiger partial charge in [-0.1, -0.05) is 24.3 Å². The van der Waals surface area contributed by atoms with Crippen LogP contribution in [0.4, 0.5) is 0 Å². The van der Waals surface area contributed by atoms with E-state index in [1.165, 1.54) is 18.3 Å². The standard InChI is InChI=1S/C17H12N2O4S/c20-15-9-18-17(21)12-7-4-8-14-16(12)13(15)10-19(14)24(22,23)11-5-2-1-3-6-11/h1-10,20H,(H,18,21). The molecule has 0 unspecified atom stereocenters. The molecule has 120 valence electrons. The van der Waals surface area contributed by atoms with Crippen LogP contribution in [-0.4, -0.2) is 23.4 Å². The highest BCUT2D eigenvalue weighted by molar-refractivity contribution is 7.90. The number of hydrogen-bond donors (Lipinski definition) is 2. The Kier molecular flexibility index (Phi) is 3.01. The number of benzene rings is 2. The minimum atomic E-state index is -3.85. The number of rotatable bonds is 2. The zero-order valence-electron chi connectivity index (χ0n) is 12.3. The number of nitrogens with zero attached hydrogens (tertiary/aromatic N) is 1.